The maximum absolute atomic E-state index is 12.6. The number of thioether (sulfide) groups is 8. The smallest absolute Gasteiger partial charge is 0.190 e. The van der Waals surface area contributed by atoms with Gasteiger partial charge in [0.25, 0.3) is 0 Å². The van der Waals surface area contributed by atoms with Crippen LogP contribution in [0, 0.1) is 42.7 Å². The summed E-state index contributed by atoms with van der Waals surface area (Å²) in [6.45, 7) is 5.92. The van der Waals surface area contributed by atoms with Crippen molar-refractivity contribution in [3.05, 3.63) is 120 Å². The highest BCUT2D eigenvalue weighted by Gasteiger charge is 2.24. The third-order valence-corrected chi connectivity index (χ3v) is 17.1. The van der Waals surface area contributed by atoms with Gasteiger partial charge in [-0.05, 0) is 168 Å². The number of aromatic amines is 2. The van der Waals surface area contributed by atoms with Gasteiger partial charge in [-0.25, -0.2) is 9.97 Å². The van der Waals surface area contributed by atoms with Gasteiger partial charge in [-0.2, -0.15) is 21.0 Å². The first kappa shape index (κ1) is 53.7. The maximum Gasteiger partial charge on any atom is 0.190 e. The lowest BCUT2D eigenvalue weighted by atomic mass is 10.0. The van der Waals surface area contributed by atoms with Crippen LogP contribution in [0.5, 0.6) is 0 Å². The van der Waals surface area contributed by atoms with Crippen LogP contribution in [0.15, 0.2) is 136 Å². The Balaban J connectivity index is 1.54. The number of nitriles is 4. The summed E-state index contributed by atoms with van der Waals surface area (Å²) in [4.78, 5) is 73.5. The van der Waals surface area contributed by atoms with E-state index in [1.807, 2.05) is 72.8 Å². The predicted octanol–water partition coefficient (Wildman–Crippen LogP) is 16.2. The van der Waals surface area contributed by atoms with Gasteiger partial charge < -0.3 is 9.97 Å². The van der Waals surface area contributed by atoms with Crippen molar-refractivity contribution in [1.82, 2.24) is 19.9 Å². The van der Waals surface area contributed by atoms with E-state index in [1.165, 1.54) is 27.7 Å². The summed E-state index contributed by atoms with van der Waals surface area (Å²) in [5, 5.41) is 49.1. The lowest BCUT2D eigenvalue weighted by molar-refractivity contribution is -0.109. The minimum atomic E-state index is -0.133. The number of carbonyl (C=O) groups is 4. The average Bonchev–Trinajstić information content (AvgIpc) is 4.26. The highest BCUT2D eigenvalue weighted by atomic mass is 32.2. The molecule has 3 aromatic heterocycles. The van der Waals surface area contributed by atoms with Gasteiger partial charge in [0, 0.05) is 133 Å². The molecule has 20 heteroatoms. The largest absolute Gasteiger partial charge is 0.354 e. The fraction of sp³-hybridized carbons (Fsp3) is 0.0714. The minimum absolute atomic E-state index is 0.133. The van der Waals surface area contributed by atoms with Gasteiger partial charge in [0.1, 0.15) is 21.6 Å². The van der Waals surface area contributed by atoms with Crippen LogP contribution in [0.1, 0.15) is 50.5 Å². The quantitative estimate of drug-likeness (QED) is 0.0857. The van der Waals surface area contributed by atoms with Gasteiger partial charge in [0.05, 0.1) is 22.8 Å². The number of carbonyl (C=O) groups excluding carboxylic acids is 4. The number of nitrogens with zero attached hydrogens (tertiary/aromatic N) is 6. The van der Waals surface area contributed by atoms with Crippen molar-refractivity contribution in [2.24, 2.45) is 0 Å². The summed E-state index contributed by atoms with van der Waals surface area (Å²) in [7, 11) is 0. The zero-order chi connectivity index (χ0) is 53.6. The minimum Gasteiger partial charge on any atom is -0.354 e. The van der Waals surface area contributed by atoms with Gasteiger partial charge in [0.15, 0.2) is 20.5 Å². The first-order valence-electron chi connectivity index (χ1n) is 22.5. The SMILES string of the molecule is CC(=O)Sc1ccc(SC#N)c(-c2c3nc(c(-c4cc(SC(C)=O)ccc4SC#N)c4ccc([nH]4)c(-c4cc(SC(C)=O)ccc4SC#N)c4nc(c(-c5cc(SC(C)=O)ccc5SC#N)c5ccc2[nH]5)C=C4)C=C3)c1. The van der Waals surface area contributed by atoms with Crippen LogP contribution in [-0.2, 0) is 19.2 Å². The van der Waals surface area contributed by atoms with Crippen LogP contribution < -0.4 is 0 Å². The highest BCUT2D eigenvalue weighted by molar-refractivity contribution is 8.14. The van der Waals surface area contributed by atoms with E-state index in [1.54, 1.807) is 48.5 Å². The molecule has 0 aliphatic carbocycles. The van der Waals surface area contributed by atoms with Gasteiger partial charge >= 0.3 is 0 Å². The number of thiocyanates is 4. The predicted molar refractivity (Wildman–Crippen MR) is 313 cm³/mol. The molecule has 7 aromatic rings. The lowest BCUT2D eigenvalue weighted by Crippen LogP contribution is -1.93. The third kappa shape index (κ3) is 11.8. The second-order valence-electron chi connectivity index (χ2n) is 16.3. The Morgan fingerprint density at radius 3 is 0.789 bits per heavy atom. The summed E-state index contributed by atoms with van der Waals surface area (Å²) in [5.74, 6) is 0. The molecule has 0 atom stereocenters. The fourth-order valence-corrected chi connectivity index (χ4v) is 13.2. The van der Waals surface area contributed by atoms with Crippen LogP contribution in [0.2, 0.25) is 0 Å². The molecular formula is C56H34N8O4S8. The van der Waals surface area contributed by atoms with Crippen LogP contribution in [0.3, 0.4) is 0 Å². The van der Waals surface area contributed by atoms with Gasteiger partial charge in [-0.3, -0.25) is 19.2 Å². The molecule has 4 aromatic carbocycles. The Kier molecular flexibility index (Phi) is 16.9. The van der Waals surface area contributed by atoms with E-state index >= 15 is 0 Å². The van der Waals surface area contributed by atoms with E-state index in [9.17, 15) is 40.2 Å². The number of hydrogen-bond donors (Lipinski definition) is 2. The molecule has 9 rings (SSSR count). The van der Waals surface area contributed by atoms with Crippen LogP contribution in [0.25, 0.3) is 90.9 Å². The molecule has 12 nitrogen and oxygen atoms in total. The number of rotatable bonds is 12. The van der Waals surface area contributed by atoms with Crippen LogP contribution in [-0.4, -0.2) is 40.4 Å². The summed E-state index contributed by atoms with van der Waals surface area (Å²) < 4.78 is 0. The van der Waals surface area contributed by atoms with E-state index in [0.717, 1.165) is 94.1 Å². The van der Waals surface area contributed by atoms with Crippen molar-refractivity contribution in [2.75, 3.05) is 0 Å². The van der Waals surface area contributed by atoms with Crippen molar-refractivity contribution in [2.45, 2.75) is 66.9 Å². The summed E-state index contributed by atoms with van der Waals surface area (Å²) in [6.07, 6.45) is 7.46. The van der Waals surface area contributed by atoms with Crippen molar-refractivity contribution in [1.29, 1.82) is 21.0 Å². The van der Waals surface area contributed by atoms with Crippen molar-refractivity contribution in [3.63, 3.8) is 0 Å². The Bertz CT molecular complexity index is 3550. The van der Waals surface area contributed by atoms with Crippen molar-refractivity contribution >= 4 is 161 Å². The standard InChI is InChI=1S/C56H34N8O4S8/c1-29(65)73-33-5-17-49(69-25-57)37(21-33)53-41-9-11-43(61-41)54(38-22-34(74-30(2)66)6-18-50(38)70-26-58)45-13-15-47(63-45)56(40-24-36(76-32(4)68)8-20-52(40)72-28-60)48-16-14-46(64-48)55(44-12-10-42(53)62-44)39-23-35(75-31(3)67)7-19-51(39)71-27-59/h5-24,61,64H,1-4H3. The molecule has 0 spiro atoms. The Morgan fingerprint density at radius 1 is 0.368 bits per heavy atom. The lowest BCUT2D eigenvalue weighted by Gasteiger charge is -2.12. The molecule has 0 fully saturated rings. The van der Waals surface area contributed by atoms with Gasteiger partial charge in [-0.15, -0.1) is 0 Å². The normalized spacial score (nSPS) is 11.4. The van der Waals surface area contributed by atoms with Crippen molar-refractivity contribution in [3.8, 4) is 66.1 Å². The zero-order valence-electron chi connectivity index (χ0n) is 40.1. The molecule has 2 aliphatic heterocycles. The monoisotopic (exact) mass is 1140 g/mol. The topological polar surface area (TPSA) is 221 Å². The first-order valence-corrected chi connectivity index (χ1v) is 29.0. The first-order chi connectivity index (χ1) is 36.7. The molecule has 2 N–H and O–H groups in total. The highest BCUT2D eigenvalue weighted by Crippen LogP contribution is 2.46. The zero-order valence-corrected chi connectivity index (χ0v) is 46.7. The van der Waals surface area contributed by atoms with E-state index in [0.29, 0.717) is 129 Å². The third-order valence-electron chi connectivity index (χ3n) is 11.3. The Labute approximate surface area is 470 Å². The number of aromatic nitrogens is 4. The summed E-state index contributed by atoms with van der Waals surface area (Å²) >= 11 is 8.06. The molecule has 2 aliphatic rings. The molecule has 370 valence electrons. The van der Waals surface area contributed by atoms with E-state index in [2.05, 4.69) is 31.6 Å². The summed E-state index contributed by atoms with van der Waals surface area (Å²) in [6, 6.07) is 29.4. The van der Waals surface area contributed by atoms with E-state index in [4.69, 9.17) is 9.97 Å². The van der Waals surface area contributed by atoms with E-state index in [-0.39, 0.29) is 20.5 Å². The molecule has 0 unspecified atom stereocenters. The fourth-order valence-electron chi connectivity index (χ4n) is 8.63. The van der Waals surface area contributed by atoms with Crippen molar-refractivity contribution < 1.29 is 19.2 Å². The number of benzene rings is 4. The molecule has 0 saturated heterocycles. The van der Waals surface area contributed by atoms with Gasteiger partial charge in [-0.1, -0.05) is 47.0 Å². The molecule has 5 heterocycles. The molecule has 8 bridgehead atoms. The van der Waals surface area contributed by atoms with Gasteiger partial charge in [0.2, 0.25) is 0 Å². The summed E-state index contributed by atoms with van der Waals surface area (Å²) in [5.41, 5.74) is 8.94. The second kappa shape index (κ2) is 23.9. The number of fused-ring (bicyclic) bond motifs is 8. The number of nitrogens with one attached hydrogen (secondary N) is 2. The van der Waals surface area contributed by atoms with Crippen LogP contribution in [0.4, 0.5) is 0 Å². The molecular weight excluding hydrogens is 1110 g/mol. The molecule has 0 radical (unpaired) electrons. The van der Waals surface area contributed by atoms with E-state index < -0.39 is 0 Å². The molecule has 0 amide bonds. The van der Waals surface area contributed by atoms with Crippen LogP contribution >= 0.6 is 94.1 Å². The number of hydrogen-bond acceptors (Lipinski definition) is 18. The molecule has 76 heavy (non-hydrogen) atoms. The maximum atomic E-state index is 12.6. The average molecular weight is 1140 g/mol. The molecule has 0 saturated carbocycles. The second-order valence-corrected chi connectivity index (χ2v) is 24.6. The Morgan fingerprint density at radius 2 is 0.592 bits per heavy atom. The Hall–Kier alpha value is -7.08. The number of H-pyrrole nitrogens is 2.